The molecule has 0 saturated carbocycles. The van der Waals surface area contributed by atoms with Gasteiger partial charge in [0.1, 0.15) is 18.5 Å². The number of nitrogens with zero attached hydrogens (tertiary/aromatic N) is 1. The lowest BCUT2D eigenvalue weighted by Gasteiger charge is -2.24. The van der Waals surface area contributed by atoms with E-state index in [2.05, 4.69) is 17.0 Å². The van der Waals surface area contributed by atoms with Crippen molar-refractivity contribution in [2.45, 2.75) is 24.7 Å². The standard InChI is InChI=1S/C16H21NO4/c1-3-13(18-10-16-11-21-16)4-2-12(1)17(7-15-9-20-15)6-5-14-8-19-14/h1-4,14-16H,5-11H2. The van der Waals surface area contributed by atoms with E-state index >= 15 is 0 Å². The summed E-state index contributed by atoms with van der Waals surface area (Å²) in [5, 5.41) is 0. The molecule has 3 aliphatic heterocycles. The molecule has 0 N–H and O–H groups in total. The number of ether oxygens (including phenoxy) is 4. The van der Waals surface area contributed by atoms with Crippen molar-refractivity contribution in [1.29, 1.82) is 0 Å². The average Bonchev–Trinajstić information content (AvgIpc) is 3.39. The second-order valence-electron chi connectivity index (χ2n) is 5.91. The molecule has 3 fully saturated rings. The molecule has 5 nitrogen and oxygen atoms in total. The summed E-state index contributed by atoms with van der Waals surface area (Å²) < 4.78 is 21.5. The third-order valence-electron chi connectivity index (χ3n) is 3.99. The van der Waals surface area contributed by atoms with Gasteiger partial charge in [0, 0.05) is 18.8 Å². The molecule has 0 spiro atoms. The fraction of sp³-hybridized carbons (Fsp3) is 0.625. The molecule has 114 valence electrons. The van der Waals surface area contributed by atoms with Gasteiger partial charge in [-0.2, -0.15) is 0 Å². The van der Waals surface area contributed by atoms with Gasteiger partial charge < -0.3 is 23.8 Å². The van der Waals surface area contributed by atoms with E-state index in [4.69, 9.17) is 18.9 Å². The molecule has 21 heavy (non-hydrogen) atoms. The van der Waals surface area contributed by atoms with Crippen molar-refractivity contribution >= 4 is 5.69 Å². The summed E-state index contributed by atoms with van der Waals surface area (Å²) in [6.07, 6.45) is 2.25. The van der Waals surface area contributed by atoms with Crippen LogP contribution in [0.5, 0.6) is 5.75 Å². The van der Waals surface area contributed by atoms with Crippen LogP contribution in [0.1, 0.15) is 6.42 Å². The maximum Gasteiger partial charge on any atom is 0.119 e. The predicted octanol–water partition coefficient (Wildman–Crippen LogP) is 1.46. The Bertz CT molecular complexity index is 466. The molecule has 3 heterocycles. The normalized spacial score (nSPS) is 29.0. The van der Waals surface area contributed by atoms with Crippen molar-refractivity contribution < 1.29 is 18.9 Å². The minimum Gasteiger partial charge on any atom is -0.491 e. The van der Waals surface area contributed by atoms with Crippen molar-refractivity contribution in [2.24, 2.45) is 0 Å². The molecule has 4 rings (SSSR count). The Morgan fingerprint density at radius 2 is 1.62 bits per heavy atom. The van der Waals surface area contributed by atoms with Crippen LogP contribution in [0.2, 0.25) is 0 Å². The third kappa shape index (κ3) is 4.09. The Labute approximate surface area is 124 Å². The predicted molar refractivity (Wildman–Crippen MR) is 78.0 cm³/mol. The van der Waals surface area contributed by atoms with E-state index in [1.165, 1.54) is 5.69 Å². The SMILES string of the molecule is c1cc(N(CCC2CO2)CC2CO2)ccc1OCC1CO1. The maximum absolute atomic E-state index is 5.68. The quantitative estimate of drug-likeness (QED) is 0.645. The first-order chi connectivity index (χ1) is 10.4. The fourth-order valence-corrected chi connectivity index (χ4v) is 2.39. The summed E-state index contributed by atoms with van der Waals surface area (Å²) in [4.78, 5) is 2.38. The first-order valence-electron chi connectivity index (χ1n) is 7.69. The van der Waals surface area contributed by atoms with Crippen LogP contribution >= 0.6 is 0 Å². The molecule has 0 bridgehead atoms. The van der Waals surface area contributed by atoms with Crippen LogP contribution in [0.15, 0.2) is 24.3 Å². The summed E-state index contributed by atoms with van der Waals surface area (Å²) in [6, 6.07) is 8.32. The van der Waals surface area contributed by atoms with E-state index in [0.29, 0.717) is 24.9 Å². The Morgan fingerprint density at radius 1 is 0.952 bits per heavy atom. The van der Waals surface area contributed by atoms with Gasteiger partial charge in [0.15, 0.2) is 0 Å². The highest BCUT2D eigenvalue weighted by Gasteiger charge is 2.28. The van der Waals surface area contributed by atoms with Crippen LogP contribution in [0.25, 0.3) is 0 Å². The van der Waals surface area contributed by atoms with Crippen molar-refractivity contribution in [3.8, 4) is 5.75 Å². The molecule has 3 aliphatic rings. The lowest BCUT2D eigenvalue weighted by atomic mass is 10.2. The van der Waals surface area contributed by atoms with Gasteiger partial charge in [0.25, 0.3) is 0 Å². The van der Waals surface area contributed by atoms with Crippen LogP contribution in [0.4, 0.5) is 5.69 Å². The number of anilines is 1. The number of epoxide rings is 3. The first kappa shape index (κ1) is 13.4. The summed E-state index contributed by atoms with van der Waals surface area (Å²) >= 11 is 0. The molecule has 1 aromatic carbocycles. The van der Waals surface area contributed by atoms with Gasteiger partial charge in [-0.1, -0.05) is 0 Å². The molecule has 0 radical (unpaired) electrons. The van der Waals surface area contributed by atoms with Gasteiger partial charge in [-0.3, -0.25) is 0 Å². The second-order valence-corrected chi connectivity index (χ2v) is 5.91. The van der Waals surface area contributed by atoms with Gasteiger partial charge in [-0.05, 0) is 30.7 Å². The van der Waals surface area contributed by atoms with E-state index in [0.717, 1.165) is 45.1 Å². The highest BCUT2D eigenvalue weighted by Crippen LogP contribution is 2.24. The average molecular weight is 291 g/mol. The molecule has 5 heteroatoms. The van der Waals surface area contributed by atoms with Crippen LogP contribution in [-0.2, 0) is 14.2 Å². The largest absolute Gasteiger partial charge is 0.491 e. The lowest BCUT2D eigenvalue weighted by Crippen LogP contribution is -2.29. The molecule has 1 aromatic rings. The van der Waals surface area contributed by atoms with Gasteiger partial charge >= 0.3 is 0 Å². The number of hydrogen-bond acceptors (Lipinski definition) is 5. The van der Waals surface area contributed by atoms with Crippen molar-refractivity contribution in [3.63, 3.8) is 0 Å². The smallest absolute Gasteiger partial charge is 0.119 e. The maximum atomic E-state index is 5.68. The zero-order chi connectivity index (χ0) is 14.1. The molecule has 3 atom stereocenters. The Morgan fingerprint density at radius 3 is 2.24 bits per heavy atom. The summed E-state index contributed by atoms with van der Waals surface area (Å²) in [5.41, 5.74) is 1.22. The van der Waals surface area contributed by atoms with Crippen molar-refractivity contribution in [3.05, 3.63) is 24.3 Å². The summed E-state index contributed by atoms with van der Waals surface area (Å²) in [7, 11) is 0. The van der Waals surface area contributed by atoms with E-state index in [-0.39, 0.29) is 0 Å². The van der Waals surface area contributed by atoms with E-state index in [1.807, 2.05) is 12.1 Å². The fourth-order valence-electron chi connectivity index (χ4n) is 2.39. The van der Waals surface area contributed by atoms with Gasteiger partial charge in [0.2, 0.25) is 0 Å². The van der Waals surface area contributed by atoms with Crippen LogP contribution < -0.4 is 9.64 Å². The lowest BCUT2D eigenvalue weighted by molar-refractivity contribution is 0.263. The van der Waals surface area contributed by atoms with Crippen LogP contribution in [0, 0.1) is 0 Å². The summed E-state index contributed by atoms with van der Waals surface area (Å²) in [5.74, 6) is 0.905. The summed E-state index contributed by atoms with van der Waals surface area (Å²) in [6.45, 7) is 5.26. The Hall–Kier alpha value is -1.30. The topological polar surface area (TPSA) is 50.1 Å². The molecular formula is C16H21NO4. The number of hydrogen-bond donors (Lipinski definition) is 0. The molecule has 0 aliphatic carbocycles. The van der Waals surface area contributed by atoms with Gasteiger partial charge in [-0.25, -0.2) is 0 Å². The third-order valence-corrected chi connectivity index (χ3v) is 3.99. The highest BCUT2D eigenvalue weighted by atomic mass is 16.6. The molecule has 0 aromatic heterocycles. The zero-order valence-corrected chi connectivity index (χ0v) is 12.1. The number of rotatable bonds is 9. The Balaban J connectivity index is 1.35. The zero-order valence-electron chi connectivity index (χ0n) is 12.1. The van der Waals surface area contributed by atoms with E-state index < -0.39 is 0 Å². The first-order valence-corrected chi connectivity index (χ1v) is 7.69. The van der Waals surface area contributed by atoms with Crippen molar-refractivity contribution in [1.82, 2.24) is 0 Å². The minimum atomic E-state index is 0.298. The highest BCUT2D eigenvalue weighted by molar-refractivity contribution is 5.49. The number of benzene rings is 1. The van der Waals surface area contributed by atoms with Crippen molar-refractivity contribution in [2.75, 3.05) is 44.4 Å². The molecular weight excluding hydrogens is 270 g/mol. The minimum absolute atomic E-state index is 0.298. The van der Waals surface area contributed by atoms with Crippen LogP contribution in [-0.4, -0.2) is 57.8 Å². The van der Waals surface area contributed by atoms with E-state index in [1.54, 1.807) is 0 Å². The molecule has 3 unspecified atom stereocenters. The molecule has 3 saturated heterocycles. The van der Waals surface area contributed by atoms with E-state index in [9.17, 15) is 0 Å². The Kier molecular flexibility index (Phi) is 3.71. The van der Waals surface area contributed by atoms with Gasteiger partial charge in [0.05, 0.1) is 32.0 Å². The second kappa shape index (κ2) is 5.83. The monoisotopic (exact) mass is 291 g/mol. The van der Waals surface area contributed by atoms with Crippen LogP contribution in [0.3, 0.4) is 0 Å². The molecule has 0 amide bonds. The van der Waals surface area contributed by atoms with Gasteiger partial charge in [-0.15, -0.1) is 0 Å².